The van der Waals surface area contributed by atoms with Crippen LogP contribution in [0, 0.1) is 5.92 Å². The topological polar surface area (TPSA) is 24.1 Å². The normalized spacial score (nSPS) is 19.0. The third kappa shape index (κ3) is 3.60. The SMILES string of the molecule is CC(Nc1cc(Br)ccc1Cl)C1CCNCC1. The van der Waals surface area contributed by atoms with Gasteiger partial charge in [0.05, 0.1) is 10.7 Å². The Hall–Kier alpha value is -0.250. The van der Waals surface area contributed by atoms with Crippen LogP contribution in [0.3, 0.4) is 0 Å². The van der Waals surface area contributed by atoms with Crippen molar-refractivity contribution in [1.29, 1.82) is 0 Å². The summed E-state index contributed by atoms with van der Waals surface area (Å²) in [5.41, 5.74) is 1.02. The first kappa shape index (κ1) is 13.2. The lowest BCUT2D eigenvalue weighted by molar-refractivity contribution is 0.343. The molecule has 2 nitrogen and oxygen atoms in total. The first-order chi connectivity index (χ1) is 8.16. The van der Waals surface area contributed by atoms with Gasteiger partial charge in [0.25, 0.3) is 0 Å². The van der Waals surface area contributed by atoms with Crippen LogP contribution in [-0.2, 0) is 0 Å². The van der Waals surface area contributed by atoms with Gasteiger partial charge in [0, 0.05) is 10.5 Å². The molecule has 1 saturated heterocycles. The van der Waals surface area contributed by atoms with Crippen molar-refractivity contribution < 1.29 is 0 Å². The fourth-order valence-electron chi connectivity index (χ4n) is 2.32. The minimum absolute atomic E-state index is 0.462. The first-order valence-electron chi connectivity index (χ1n) is 6.09. The number of rotatable bonds is 3. The van der Waals surface area contributed by atoms with Crippen LogP contribution < -0.4 is 10.6 Å². The van der Waals surface area contributed by atoms with Gasteiger partial charge in [-0.15, -0.1) is 0 Å². The summed E-state index contributed by atoms with van der Waals surface area (Å²) >= 11 is 9.66. The number of hydrogen-bond donors (Lipinski definition) is 2. The van der Waals surface area contributed by atoms with Gasteiger partial charge in [-0.1, -0.05) is 27.5 Å². The van der Waals surface area contributed by atoms with Crippen LogP contribution in [0.15, 0.2) is 22.7 Å². The molecule has 0 radical (unpaired) electrons. The standard InChI is InChI=1S/C13H18BrClN2/c1-9(10-4-6-16-7-5-10)17-13-8-11(14)2-3-12(13)15/h2-3,8-10,16-17H,4-7H2,1H3. The van der Waals surface area contributed by atoms with Gasteiger partial charge in [-0.3, -0.25) is 0 Å². The molecule has 17 heavy (non-hydrogen) atoms. The van der Waals surface area contributed by atoms with Crippen LogP contribution in [0.1, 0.15) is 19.8 Å². The van der Waals surface area contributed by atoms with Crippen molar-refractivity contribution in [3.8, 4) is 0 Å². The number of nitrogens with one attached hydrogen (secondary N) is 2. The second-order valence-corrected chi connectivity index (χ2v) is 5.97. The lowest BCUT2D eigenvalue weighted by atomic mass is 9.91. The molecule has 2 rings (SSSR count). The Morgan fingerprint density at radius 1 is 1.41 bits per heavy atom. The number of hydrogen-bond acceptors (Lipinski definition) is 2. The van der Waals surface area contributed by atoms with Gasteiger partial charge >= 0.3 is 0 Å². The van der Waals surface area contributed by atoms with Crippen molar-refractivity contribution in [2.45, 2.75) is 25.8 Å². The summed E-state index contributed by atoms with van der Waals surface area (Å²) in [4.78, 5) is 0. The molecule has 94 valence electrons. The van der Waals surface area contributed by atoms with Crippen molar-refractivity contribution in [1.82, 2.24) is 5.32 Å². The molecule has 1 heterocycles. The van der Waals surface area contributed by atoms with Crippen LogP contribution in [-0.4, -0.2) is 19.1 Å². The maximum absolute atomic E-state index is 6.18. The average molecular weight is 318 g/mol. The van der Waals surface area contributed by atoms with Gasteiger partial charge in [0.1, 0.15) is 0 Å². The lowest BCUT2D eigenvalue weighted by Gasteiger charge is -2.29. The fraction of sp³-hybridized carbons (Fsp3) is 0.538. The number of halogens is 2. The van der Waals surface area contributed by atoms with E-state index in [1.54, 1.807) is 0 Å². The average Bonchev–Trinajstić information content (AvgIpc) is 2.35. The van der Waals surface area contributed by atoms with E-state index in [0.29, 0.717) is 6.04 Å². The second-order valence-electron chi connectivity index (χ2n) is 4.64. The van der Waals surface area contributed by atoms with E-state index >= 15 is 0 Å². The van der Waals surface area contributed by atoms with Gasteiger partial charge in [-0.05, 0) is 57.0 Å². The molecule has 0 saturated carbocycles. The number of anilines is 1. The van der Waals surface area contributed by atoms with E-state index in [9.17, 15) is 0 Å². The molecule has 0 amide bonds. The lowest BCUT2D eigenvalue weighted by Crippen LogP contribution is -2.36. The molecule has 0 spiro atoms. The smallest absolute Gasteiger partial charge is 0.0638 e. The van der Waals surface area contributed by atoms with Gasteiger partial charge < -0.3 is 10.6 Å². The number of piperidine rings is 1. The molecule has 0 aliphatic carbocycles. The third-order valence-corrected chi connectivity index (χ3v) is 4.23. The quantitative estimate of drug-likeness (QED) is 0.883. The molecule has 1 unspecified atom stereocenters. The van der Waals surface area contributed by atoms with Crippen molar-refractivity contribution in [2.75, 3.05) is 18.4 Å². The zero-order valence-corrected chi connectivity index (χ0v) is 12.3. The predicted octanol–water partition coefficient (Wildman–Crippen LogP) is 3.90. The van der Waals surface area contributed by atoms with E-state index in [2.05, 4.69) is 33.5 Å². The van der Waals surface area contributed by atoms with Gasteiger partial charge in [-0.2, -0.15) is 0 Å². The Bertz CT molecular complexity index is 378. The highest BCUT2D eigenvalue weighted by molar-refractivity contribution is 9.10. The zero-order chi connectivity index (χ0) is 12.3. The van der Waals surface area contributed by atoms with Crippen LogP contribution in [0.4, 0.5) is 5.69 Å². The van der Waals surface area contributed by atoms with Gasteiger partial charge in [0.2, 0.25) is 0 Å². The van der Waals surface area contributed by atoms with E-state index in [-0.39, 0.29) is 0 Å². The van der Waals surface area contributed by atoms with E-state index < -0.39 is 0 Å². The Balaban J connectivity index is 2.01. The summed E-state index contributed by atoms with van der Waals surface area (Å²) in [6.07, 6.45) is 2.47. The summed E-state index contributed by atoms with van der Waals surface area (Å²) in [7, 11) is 0. The van der Waals surface area contributed by atoms with Crippen molar-refractivity contribution in [3.63, 3.8) is 0 Å². The van der Waals surface area contributed by atoms with Crippen LogP contribution >= 0.6 is 27.5 Å². The summed E-state index contributed by atoms with van der Waals surface area (Å²) in [5, 5.41) is 7.71. The van der Waals surface area contributed by atoms with Gasteiger partial charge in [0.15, 0.2) is 0 Å². The third-order valence-electron chi connectivity index (χ3n) is 3.40. The Kier molecular flexibility index (Phi) is 4.71. The molecule has 1 aromatic carbocycles. The minimum Gasteiger partial charge on any atom is -0.381 e. The highest BCUT2D eigenvalue weighted by atomic mass is 79.9. The number of benzene rings is 1. The molecule has 1 atom stereocenters. The summed E-state index contributed by atoms with van der Waals surface area (Å²) in [5.74, 6) is 0.728. The van der Waals surface area contributed by atoms with Crippen LogP contribution in [0.25, 0.3) is 0 Å². The predicted molar refractivity (Wildman–Crippen MR) is 77.8 cm³/mol. The molecule has 4 heteroatoms. The second kappa shape index (κ2) is 6.07. The fourth-order valence-corrected chi connectivity index (χ4v) is 2.85. The highest BCUT2D eigenvalue weighted by Crippen LogP contribution is 2.28. The largest absolute Gasteiger partial charge is 0.381 e. The van der Waals surface area contributed by atoms with E-state index in [0.717, 1.165) is 34.2 Å². The van der Waals surface area contributed by atoms with E-state index in [1.165, 1.54) is 12.8 Å². The molecule has 1 aliphatic rings. The molecule has 0 bridgehead atoms. The monoisotopic (exact) mass is 316 g/mol. The van der Waals surface area contributed by atoms with Crippen LogP contribution in [0.5, 0.6) is 0 Å². The Morgan fingerprint density at radius 2 is 2.12 bits per heavy atom. The van der Waals surface area contributed by atoms with E-state index in [4.69, 9.17) is 11.6 Å². The Labute approximate surface area is 116 Å². The summed E-state index contributed by atoms with van der Waals surface area (Å²) < 4.78 is 1.06. The molecule has 0 aromatic heterocycles. The maximum atomic E-state index is 6.18. The molecule has 1 aromatic rings. The molecular formula is C13H18BrClN2. The van der Waals surface area contributed by atoms with Crippen molar-refractivity contribution in [3.05, 3.63) is 27.7 Å². The van der Waals surface area contributed by atoms with Crippen molar-refractivity contribution in [2.24, 2.45) is 5.92 Å². The first-order valence-corrected chi connectivity index (χ1v) is 7.26. The highest BCUT2D eigenvalue weighted by Gasteiger charge is 2.20. The molecule has 1 aliphatic heterocycles. The molecule has 2 N–H and O–H groups in total. The van der Waals surface area contributed by atoms with Crippen molar-refractivity contribution >= 4 is 33.2 Å². The summed E-state index contributed by atoms with van der Waals surface area (Å²) in [6.45, 7) is 4.50. The maximum Gasteiger partial charge on any atom is 0.0638 e. The van der Waals surface area contributed by atoms with Gasteiger partial charge in [-0.25, -0.2) is 0 Å². The minimum atomic E-state index is 0.462. The molecular weight excluding hydrogens is 300 g/mol. The van der Waals surface area contributed by atoms with E-state index in [1.807, 2.05) is 18.2 Å². The summed E-state index contributed by atoms with van der Waals surface area (Å²) in [6, 6.07) is 6.38. The molecule has 1 fully saturated rings. The van der Waals surface area contributed by atoms with Crippen LogP contribution in [0.2, 0.25) is 5.02 Å². The zero-order valence-electron chi connectivity index (χ0n) is 9.97. The Morgan fingerprint density at radius 3 is 2.82 bits per heavy atom.